The van der Waals surface area contributed by atoms with Crippen LogP contribution >= 0.6 is 11.3 Å². The van der Waals surface area contributed by atoms with Crippen molar-refractivity contribution in [2.24, 2.45) is 4.99 Å². The first-order valence-corrected chi connectivity index (χ1v) is 12.6. The van der Waals surface area contributed by atoms with Gasteiger partial charge >= 0.3 is 0 Å². The van der Waals surface area contributed by atoms with Gasteiger partial charge in [0.2, 0.25) is 0 Å². The zero-order valence-corrected chi connectivity index (χ0v) is 19.8. The summed E-state index contributed by atoms with van der Waals surface area (Å²) < 4.78 is 43.2. The van der Waals surface area contributed by atoms with E-state index in [2.05, 4.69) is 28.6 Å². The van der Waals surface area contributed by atoms with E-state index < -0.39 is 21.7 Å². The zero-order valence-electron chi connectivity index (χ0n) is 18.2. The lowest BCUT2D eigenvalue weighted by molar-refractivity contribution is 0.0998. The molecule has 1 amide bonds. The molecular weight excluding hydrogens is 473 g/mol. The number of hydrogen-bond donors (Lipinski definition) is 1. The number of terminal acetylenes is 1. The smallest absolute Gasteiger partial charge is 0.279 e. The Balaban J connectivity index is 1.61. The number of thiazole rings is 1. The molecule has 4 rings (SSSR count). The number of halogens is 1. The molecule has 0 saturated carbocycles. The predicted molar refractivity (Wildman–Crippen MR) is 132 cm³/mol. The van der Waals surface area contributed by atoms with E-state index >= 15 is 0 Å². The number of fused-ring (bicyclic) bond motifs is 1. The van der Waals surface area contributed by atoms with Crippen molar-refractivity contribution >= 4 is 43.2 Å². The summed E-state index contributed by atoms with van der Waals surface area (Å²) in [7, 11) is -3.89. The van der Waals surface area contributed by atoms with Gasteiger partial charge in [0.25, 0.3) is 15.9 Å². The Morgan fingerprint density at radius 3 is 2.47 bits per heavy atom. The highest BCUT2D eigenvalue weighted by atomic mass is 32.2. The highest BCUT2D eigenvalue weighted by Crippen LogP contribution is 2.20. The van der Waals surface area contributed by atoms with Gasteiger partial charge < -0.3 is 4.57 Å². The number of rotatable bonds is 6. The predicted octanol–water partition coefficient (Wildman–Crippen LogP) is 4.58. The van der Waals surface area contributed by atoms with Crippen LogP contribution in [0.4, 0.5) is 10.1 Å². The van der Waals surface area contributed by atoms with Crippen molar-refractivity contribution in [2.45, 2.75) is 24.8 Å². The number of aryl methyl sites for hydroxylation is 1. The van der Waals surface area contributed by atoms with E-state index in [0.717, 1.165) is 28.8 Å². The van der Waals surface area contributed by atoms with Gasteiger partial charge in [0.05, 0.1) is 21.7 Å². The third-order valence-corrected chi connectivity index (χ3v) is 7.55. The number of hydrogen-bond acceptors (Lipinski definition) is 4. The van der Waals surface area contributed by atoms with Crippen LogP contribution in [0.25, 0.3) is 10.2 Å². The molecule has 6 nitrogen and oxygen atoms in total. The van der Waals surface area contributed by atoms with Crippen LogP contribution in [-0.2, 0) is 23.0 Å². The van der Waals surface area contributed by atoms with Crippen LogP contribution < -0.4 is 9.52 Å². The van der Waals surface area contributed by atoms with E-state index in [1.807, 2.05) is 16.7 Å². The standard InChI is InChI=1S/C25H20FN3O3S2/c1-3-15-29-22-14-5-17(4-2)16-23(22)33-25(29)27-24(30)18-6-10-20(11-7-18)28-34(31,32)21-12-8-19(26)9-13-21/h1,5-14,16,28H,4,15H2,2H3. The molecule has 9 heteroatoms. The van der Waals surface area contributed by atoms with Gasteiger partial charge in [0.15, 0.2) is 4.80 Å². The fraction of sp³-hybridized carbons (Fsp3) is 0.120. The molecule has 0 radical (unpaired) electrons. The summed E-state index contributed by atoms with van der Waals surface area (Å²) in [6.45, 7) is 2.35. The summed E-state index contributed by atoms with van der Waals surface area (Å²) >= 11 is 1.39. The van der Waals surface area contributed by atoms with Crippen LogP contribution in [0.1, 0.15) is 22.8 Å². The van der Waals surface area contributed by atoms with Crippen LogP contribution in [0.3, 0.4) is 0 Å². The second-order valence-corrected chi connectivity index (χ2v) is 10.1. The first-order valence-electron chi connectivity index (χ1n) is 10.3. The van der Waals surface area contributed by atoms with Gasteiger partial charge in [-0.25, -0.2) is 12.8 Å². The second kappa shape index (κ2) is 9.63. The van der Waals surface area contributed by atoms with Gasteiger partial charge in [-0.2, -0.15) is 4.99 Å². The molecule has 0 saturated heterocycles. The maximum atomic E-state index is 13.1. The Morgan fingerprint density at radius 1 is 1.12 bits per heavy atom. The lowest BCUT2D eigenvalue weighted by Gasteiger charge is -2.08. The van der Waals surface area contributed by atoms with E-state index in [0.29, 0.717) is 10.4 Å². The summed E-state index contributed by atoms with van der Waals surface area (Å²) in [4.78, 5) is 17.5. The van der Waals surface area contributed by atoms with Crippen molar-refractivity contribution in [3.8, 4) is 12.3 Å². The summed E-state index contributed by atoms with van der Waals surface area (Å²) in [5.41, 5.74) is 2.65. The van der Waals surface area contributed by atoms with Crippen LogP contribution in [0.2, 0.25) is 0 Å². The number of nitrogens with zero attached hydrogens (tertiary/aromatic N) is 2. The van der Waals surface area contributed by atoms with Gasteiger partial charge in [-0.15, -0.1) is 6.42 Å². The molecule has 172 valence electrons. The van der Waals surface area contributed by atoms with Gasteiger partial charge in [0, 0.05) is 11.3 Å². The first kappa shape index (κ1) is 23.4. The molecule has 3 aromatic carbocycles. The molecule has 1 heterocycles. The maximum Gasteiger partial charge on any atom is 0.279 e. The third-order valence-electron chi connectivity index (χ3n) is 5.11. The maximum absolute atomic E-state index is 13.1. The van der Waals surface area contributed by atoms with Gasteiger partial charge in [-0.05, 0) is 72.6 Å². The zero-order chi connectivity index (χ0) is 24.3. The Morgan fingerprint density at radius 2 is 1.82 bits per heavy atom. The molecule has 0 fully saturated rings. The van der Waals surface area contributed by atoms with Crippen molar-refractivity contribution < 1.29 is 17.6 Å². The van der Waals surface area contributed by atoms with Crippen LogP contribution in [0, 0.1) is 18.2 Å². The van der Waals surface area contributed by atoms with Crippen LogP contribution in [0.15, 0.2) is 76.6 Å². The molecule has 0 aliphatic heterocycles. The van der Waals surface area contributed by atoms with E-state index in [9.17, 15) is 17.6 Å². The third kappa shape index (κ3) is 4.93. The number of amides is 1. The highest BCUT2D eigenvalue weighted by Gasteiger charge is 2.15. The Hall–Kier alpha value is -3.74. The van der Waals surface area contributed by atoms with Crippen LogP contribution in [-0.4, -0.2) is 18.9 Å². The molecule has 0 aliphatic carbocycles. The first-order chi connectivity index (χ1) is 16.3. The minimum atomic E-state index is -3.89. The number of sulfonamides is 1. The highest BCUT2D eigenvalue weighted by molar-refractivity contribution is 7.92. The number of benzene rings is 3. The van der Waals surface area contributed by atoms with E-state index in [1.54, 1.807) is 0 Å². The minimum absolute atomic E-state index is 0.0712. The monoisotopic (exact) mass is 493 g/mol. The summed E-state index contributed by atoms with van der Waals surface area (Å²) in [6, 6.07) is 16.5. The average molecular weight is 494 g/mol. The molecule has 34 heavy (non-hydrogen) atoms. The van der Waals surface area contributed by atoms with Crippen molar-refractivity contribution in [1.82, 2.24) is 4.57 Å². The van der Waals surface area contributed by atoms with Gasteiger partial charge in [-0.3, -0.25) is 9.52 Å². The molecule has 1 aromatic heterocycles. The van der Waals surface area contributed by atoms with Crippen LogP contribution in [0.5, 0.6) is 0 Å². The lowest BCUT2D eigenvalue weighted by atomic mass is 10.2. The Bertz CT molecular complexity index is 1580. The Kier molecular flexibility index (Phi) is 6.63. The fourth-order valence-electron chi connectivity index (χ4n) is 3.33. The topological polar surface area (TPSA) is 80.5 Å². The molecule has 1 N–H and O–H groups in total. The number of aromatic nitrogens is 1. The molecule has 0 spiro atoms. The van der Waals surface area contributed by atoms with E-state index in [1.165, 1.54) is 53.3 Å². The van der Waals surface area contributed by atoms with Crippen molar-refractivity contribution in [3.05, 3.63) is 88.5 Å². The fourth-order valence-corrected chi connectivity index (χ4v) is 5.48. The van der Waals surface area contributed by atoms with Gasteiger partial charge in [-0.1, -0.05) is 30.2 Å². The van der Waals surface area contributed by atoms with E-state index in [-0.39, 0.29) is 17.1 Å². The van der Waals surface area contributed by atoms with Gasteiger partial charge in [0.1, 0.15) is 5.82 Å². The lowest BCUT2D eigenvalue weighted by Crippen LogP contribution is -2.16. The normalized spacial score (nSPS) is 12.0. The SMILES string of the molecule is C#CCn1c(=NC(=O)c2ccc(NS(=O)(=O)c3ccc(F)cc3)cc2)sc2cc(CC)ccc21. The number of carbonyl (C=O) groups is 1. The second-order valence-electron chi connectivity index (χ2n) is 7.38. The van der Waals surface area contributed by atoms with Crippen molar-refractivity contribution in [1.29, 1.82) is 0 Å². The summed E-state index contributed by atoms with van der Waals surface area (Å²) in [6.07, 6.45) is 6.42. The average Bonchev–Trinajstić information content (AvgIpc) is 3.15. The molecule has 0 atom stereocenters. The molecule has 0 bridgehead atoms. The van der Waals surface area contributed by atoms with E-state index in [4.69, 9.17) is 6.42 Å². The number of carbonyl (C=O) groups excluding carboxylic acids is 1. The Labute approximate surface area is 200 Å². The number of anilines is 1. The van der Waals surface area contributed by atoms with Crippen molar-refractivity contribution in [2.75, 3.05) is 4.72 Å². The summed E-state index contributed by atoms with van der Waals surface area (Å²) in [5.74, 6) is 1.60. The molecular formula is C25H20FN3O3S2. The minimum Gasteiger partial charge on any atom is -0.305 e. The summed E-state index contributed by atoms with van der Waals surface area (Å²) in [5, 5.41) is 0. The quantitative estimate of drug-likeness (QED) is 0.399. The number of nitrogens with one attached hydrogen (secondary N) is 1. The largest absolute Gasteiger partial charge is 0.305 e. The van der Waals surface area contributed by atoms with Crippen molar-refractivity contribution in [3.63, 3.8) is 0 Å². The molecule has 0 unspecified atom stereocenters. The molecule has 4 aromatic rings. The molecule has 0 aliphatic rings.